The maximum absolute atomic E-state index is 13.1. The molecule has 0 spiro atoms. The van der Waals surface area contributed by atoms with Crippen molar-refractivity contribution in [1.82, 2.24) is 9.97 Å². The predicted molar refractivity (Wildman–Crippen MR) is 94.7 cm³/mol. The average molecular weight is 353 g/mol. The van der Waals surface area contributed by atoms with Crippen molar-refractivity contribution >= 4 is 40.8 Å². The molecule has 1 aromatic carbocycles. The topological polar surface area (TPSA) is 73.4 Å². The van der Waals surface area contributed by atoms with Crippen molar-refractivity contribution < 1.29 is 9.18 Å². The van der Waals surface area contributed by atoms with Crippen LogP contribution < -0.4 is 20.4 Å². The number of benzene rings is 1. The van der Waals surface area contributed by atoms with E-state index in [0.29, 0.717) is 23.1 Å². The van der Waals surface area contributed by atoms with Crippen LogP contribution in [-0.2, 0) is 0 Å². The Hall–Kier alpha value is -2.61. The molecule has 0 saturated carbocycles. The molecular weight excluding hydrogens is 335 g/mol. The van der Waals surface area contributed by atoms with E-state index >= 15 is 0 Å². The van der Waals surface area contributed by atoms with Gasteiger partial charge in [-0.05, 0) is 18.2 Å². The van der Waals surface area contributed by atoms with Gasteiger partial charge in [0.25, 0.3) is 0 Å². The molecule has 0 aliphatic rings. The standard InChI is InChI=1S/C15H18ClFN6O/c1-22(2)13-12(8-18-14(21-13)23(3)4)20-15(24)19-9-5-6-11(17)10(16)7-9/h5-8H,1-4H3,(H2,19,20,24). The van der Waals surface area contributed by atoms with Gasteiger partial charge in [0.15, 0.2) is 5.82 Å². The highest BCUT2D eigenvalue weighted by atomic mass is 35.5. The van der Waals surface area contributed by atoms with Gasteiger partial charge in [-0.15, -0.1) is 0 Å². The van der Waals surface area contributed by atoms with Crippen molar-refractivity contribution in [3.05, 3.63) is 35.2 Å². The van der Waals surface area contributed by atoms with E-state index in [9.17, 15) is 9.18 Å². The van der Waals surface area contributed by atoms with Crippen LogP contribution >= 0.6 is 11.6 Å². The van der Waals surface area contributed by atoms with E-state index in [1.54, 1.807) is 9.80 Å². The lowest BCUT2D eigenvalue weighted by atomic mass is 10.3. The molecule has 0 radical (unpaired) electrons. The molecule has 2 rings (SSSR count). The number of hydrogen-bond acceptors (Lipinski definition) is 5. The van der Waals surface area contributed by atoms with Crippen molar-refractivity contribution in [3.8, 4) is 0 Å². The Morgan fingerprint density at radius 1 is 1.17 bits per heavy atom. The molecule has 2 aromatic rings. The summed E-state index contributed by atoms with van der Waals surface area (Å²) in [5, 5.41) is 5.18. The quantitative estimate of drug-likeness (QED) is 0.884. The lowest BCUT2D eigenvalue weighted by Crippen LogP contribution is -2.23. The van der Waals surface area contributed by atoms with Crippen LogP contribution in [0.2, 0.25) is 5.02 Å². The van der Waals surface area contributed by atoms with Gasteiger partial charge in [-0.2, -0.15) is 4.98 Å². The first-order valence-electron chi connectivity index (χ1n) is 7.02. The Morgan fingerprint density at radius 3 is 2.46 bits per heavy atom. The zero-order valence-corrected chi connectivity index (χ0v) is 14.5. The molecule has 0 saturated heterocycles. The summed E-state index contributed by atoms with van der Waals surface area (Å²) in [5.74, 6) is 0.529. The highest BCUT2D eigenvalue weighted by Crippen LogP contribution is 2.24. The fourth-order valence-electron chi connectivity index (χ4n) is 1.87. The van der Waals surface area contributed by atoms with Gasteiger partial charge >= 0.3 is 6.03 Å². The smallest absolute Gasteiger partial charge is 0.323 e. The summed E-state index contributed by atoms with van der Waals surface area (Å²) in [6.07, 6.45) is 1.52. The molecule has 9 heteroatoms. The van der Waals surface area contributed by atoms with E-state index in [1.807, 2.05) is 28.2 Å². The van der Waals surface area contributed by atoms with Gasteiger partial charge in [-0.1, -0.05) is 11.6 Å². The van der Waals surface area contributed by atoms with Crippen molar-refractivity contribution in [1.29, 1.82) is 0 Å². The average Bonchev–Trinajstić information content (AvgIpc) is 2.50. The lowest BCUT2D eigenvalue weighted by Gasteiger charge is -2.19. The van der Waals surface area contributed by atoms with Gasteiger partial charge < -0.3 is 20.4 Å². The number of rotatable bonds is 4. The minimum absolute atomic E-state index is 0.0690. The summed E-state index contributed by atoms with van der Waals surface area (Å²) < 4.78 is 13.1. The number of halogens is 2. The van der Waals surface area contributed by atoms with Gasteiger partial charge in [0.05, 0.1) is 11.2 Å². The van der Waals surface area contributed by atoms with E-state index in [0.717, 1.165) is 0 Å². The van der Waals surface area contributed by atoms with E-state index in [4.69, 9.17) is 11.6 Å². The molecular formula is C15H18ClFN6O. The fourth-order valence-corrected chi connectivity index (χ4v) is 2.05. The number of hydrogen-bond donors (Lipinski definition) is 2. The van der Waals surface area contributed by atoms with Crippen LogP contribution in [0.15, 0.2) is 24.4 Å². The second-order valence-corrected chi connectivity index (χ2v) is 5.81. The molecule has 2 amide bonds. The molecule has 1 aromatic heterocycles. The summed E-state index contributed by atoms with van der Waals surface area (Å²) >= 11 is 5.69. The van der Waals surface area contributed by atoms with Crippen LogP contribution in [0.3, 0.4) is 0 Å². The molecule has 7 nitrogen and oxygen atoms in total. The van der Waals surface area contributed by atoms with Gasteiger partial charge in [0.1, 0.15) is 11.5 Å². The fraction of sp³-hybridized carbons (Fsp3) is 0.267. The highest BCUT2D eigenvalue weighted by molar-refractivity contribution is 6.31. The third kappa shape index (κ3) is 4.23. The van der Waals surface area contributed by atoms with Crippen LogP contribution in [-0.4, -0.2) is 44.2 Å². The zero-order chi connectivity index (χ0) is 17.9. The monoisotopic (exact) mass is 352 g/mol. The largest absolute Gasteiger partial charge is 0.361 e. The minimum Gasteiger partial charge on any atom is -0.361 e. The number of nitrogens with zero attached hydrogens (tertiary/aromatic N) is 4. The number of urea groups is 1. The molecule has 0 atom stereocenters. The number of amides is 2. The SMILES string of the molecule is CN(C)c1ncc(NC(=O)Nc2ccc(F)c(Cl)c2)c(N(C)C)n1. The Labute approximate surface area is 144 Å². The normalized spacial score (nSPS) is 10.2. The maximum Gasteiger partial charge on any atom is 0.323 e. The molecule has 0 fully saturated rings. The van der Waals surface area contributed by atoms with Gasteiger partial charge in [0.2, 0.25) is 5.95 Å². The van der Waals surface area contributed by atoms with Gasteiger partial charge in [-0.3, -0.25) is 0 Å². The molecule has 0 unspecified atom stereocenters. The molecule has 0 aliphatic heterocycles. The number of anilines is 4. The first-order valence-corrected chi connectivity index (χ1v) is 7.40. The number of carbonyl (C=O) groups excluding carboxylic acids is 1. The summed E-state index contributed by atoms with van der Waals surface area (Å²) in [5.41, 5.74) is 0.812. The van der Waals surface area contributed by atoms with E-state index in [1.165, 1.54) is 24.4 Å². The second kappa shape index (κ2) is 7.31. The summed E-state index contributed by atoms with van der Waals surface area (Å²) in [6, 6.07) is 3.41. The third-order valence-electron chi connectivity index (χ3n) is 3.01. The molecule has 128 valence electrons. The van der Waals surface area contributed by atoms with Crippen LogP contribution in [0.1, 0.15) is 0 Å². The molecule has 0 aliphatic carbocycles. The Balaban J connectivity index is 2.17. The molecule has 0 bridgehead atoms. The summed E-state index contributed by atoms with van der Waals surface area (Å²) in [7, 11) is 7.27. The maximum atomic E-state index is 13.1. The van der Waals surface area contributed by atoms with Gasteiger partial charge in [-0.25, -0.2) is 14.2 Å². The third-order valence-corrected chi connectivity index (χ3v) is 3.29. The Bertz CT molecular complexity index is 753. The Morgan fingerprint density at radius 2 is 1.88 bits per heavy atom. The zero-order valence-electron chi connectivity index (χ0n) is 13.8. The van der Waals surface area contributed by atoms with E-state index in [2.05, 4.69) is 20.6 Å². The van der Waals surface area contributed by atoms with Crippen molar-refractivity contribution in [3.63, 3.8) is 0 Å². The van der Waals surface area contributed by atoms with Crippen molar-refractivity contribution in [2.24, 2.45) is 0 Å². The number of aromatic nitrogens is 2. The number of carbonyl (C=O) groups is 1. The van der Waals surface area contributed by atoms with Crippen LogP contribution in [0, 0.1) is 5.82 Å². The first-order chi connectivity index (χ1) is 11.3. The Kier molecular flexibility index (Phi) is 5.40. The molecule has 24 heavy (non-hydrogen) atoms. The van der Waals surface area contributed by atoms with Gasteiger partial charge in [0, 0.05) is 33.9 Å². The highest BCUT2D eigenvalue weighted by Gasteiger charge is 2.13. The van der Waals surface area contributed by atoms with E-state index < -0.39 is 11.8 Å². The van der Waals surface area contributed by atoms with E-state index in [-0.39, 0.29) is 5.02 Å². The lowest BCUT2D eigenvalue weighted by molar-refractivity contribution is 0.262. The van der Waals surface area contributed by atoms with Crippen LogP contribution in [0.4, 0.5) is 32.3 Å². The summed E-state index contributed by atoms with van der Waals surface area (Å²) in [4.78, 5) is 24.2. The minimum atomic E-state index is -0.551. The predicted octanol–water partition coefficient (Wildman–Crippen LogP) is 3.05. The van der Waals surface area contributed by atoms with Crippen LogP contribution in [0.25, 0.3) is 0 Å². The van der Waals surface area contributed by atoms with Crippen molar-refractivity contribution in [2.75, 3.05) is 48.6 Å². The van der Waals surface area contributed by atoms with Crippen LogP contribution in [0.5, 0.6) is 0 Å². The summed E-state index contributed by atoms with van der Waals surface area (Å²) in [6.45, 7) is 0. The number of nitrogens with one attached hydrogen (secondary N) is 2. The molecule has 1 heterocycles. The van der Waals surface area contributed by atoms with Crippen molar-refractivity contribution in [2.45, 2.75) is 0 Å². The molecule has 2 N–H and O–H groups in total. The second-order valence-electron chi connectivity index (χ2n) is 5.40. The first kappa shape index (κ1) is 17.7.